The quantitative estimate of drug-likeness (QED) is 0.0706. The Morgan fingerprint density at radius 1 is 1.02 bits per heavy atom. The third kappa shape index (κ3) is 35.3. The van der Waals surface area contributed by atoms with Gasteiger partial charge < -0.3 is 20.4 Å². The third-order valence-electron chi connectivity index (χ3n) is 5.69. The van der Waals surface area contributed by atoms with Gasteiger partial charge in [0.25, 0.3) is 0 Å². The zero-order valence-corrected chi connectivity index (χ0v) is 30.7. The lowest BCUT2D eigenvalue weighted by atomic mass is 10.2. The largest absolute Gasteiger partial charge is 0.412 e. The molecule has 0 aliphatic rings. The Kier molecular flexibility index (Phi) is 43.3. The minimum absolute atomic E-state index is 0.000880. The number of amides is 3. The SMILES string of the molecule is C=C/C(=C\C=C(/C)C(F)(F)F)CNC=O.C=CCNC(C)CC.C=CN(/C=C\CC)C(=O)N(CC)CCC.CC.CCN(C)OC. The third-order valence-corrected chi connectivity index (χ3v) is 5.69. The summed E-state index contributed by atoms with van der Waals surface area (Å²) in [4.78, 5) is 30.0. The normalized spacial score (nSPS) is 11.5. The monoisotopic (exact) mass is 662 g/mol. The van der Waals surface area contributed by atoms with Crippen LogP contribution in [0.4, 0.5) is 18.0 Å². The Hall–Kier alpha value is -3.15. The molecule has 1 unspecified atom stereocenters. The number of hydroxylamine groups is 2. The summed E-state index contributed by atoms with van der Waals surface area (Å²) in [7, 11) is 3.55. The van der Waals surface area contributed by atoms with Crippen molar-refractivity contribution < 1.29 is 27.6 Å². The average molecular weight is 662 g/mol. The Bertz CT molecular complexity index is 840. The van der Waals surface area contributed by atoms with Crippen LogP contribution in [0.15, 0.2) is 73.7 Å². The van der Waals surface area contributed by atoms with Crippen molar-refractivity contribution in [2.45, 2.75) is 93.8 Å². The molecule has 0 aromatic carbocycles. The summed E-state index contributed by atoms with van der Waals surface area (Å²) in [5, 5.41) is 7.35. The Morgan fingerprint density at radius 3 is 1.93 bits per heavy atom. The molecule has 0 fully saturated rings. The number of carbonyl (C=O) groups is 2. The maximum Gasteiger partial charge on any atom is 0.412 e. The fraction of sp³-hybridized carbons (Fsp3) is 0.600. The smallest absolute Gasteiger partial charge is 0.355 e. The summed E-state index contributed by atoms with van der Waals surface area (Å²) in [6, 6.07) is 0.632. The van der Waals surface area contributed by atoms with Crippen molar-refractivity contribution in [1.82, 2.24) is 25.5 Å². The maximum absolute atomic E-state index is 12.1. The van der Waals surface area contributed by atoms with E-state index in [1.54, 1.807) is 24.6 Å². The van der Waals surface area contributed by atoms with Crippen LogP contribution < -0.4 is 10.6 Å². The van der Waals surface area contributed by atoms with Gasteiger partial charge in [0.1, 0.15) is 0 Å². The number of alkyl halides is 3. The molecule has 11 heteroatoms. The van der Waals surface area contributed by atoms with Gasteiger partial charge in [-0.2, -0.15) is 18.2 Å². The molecule has 0 radical (unpaired) electrons. The molecule has 0 saturated heterocycles. The number of halogens is 3. The van der Waals surface area contributed by atoms with E-state index < -0.39 is 11.7 Å². The van der Waals surface area contributed by atoms with Crippen molar-refractivity contribution in [1.29, 1.82) is 0 Å². The highest BCUT2D eigenvalue weighted by Gasteiger charge is 2.29. The lowest BCUT2D eigenvalue weighted by Crippen LogP contribution is -2.38. The van der Waals surface area contributed by atoms with E-state index in [0.717, 1.165) is 52.0 Å². The van der Waals surface area contributed by atoms with E-state index in [1.807, 2.05) is 58.7 Å². The molecule has 46 heavy (non-hydrogen) atoms. The Labute approximate surface area is 279 Å². The van der Waals surface area contributed by atoms with E-state index in [2.05, 4.69) is 51.1 Å². The molecular weight excluding hydrogens is 595 g/mol. The van der Waals surface area contributed by atoms with Gasteiger partial charge in [0.15, 0.2) is 0 Å². The number of carbonyl (C=O) groups excluding carboxylic acids is 2. The molecule has 8 nitrogen and oxygen atoms in total. The first-order valence-corrected chi connectivity index (χ1v) is 15.9. The van der Waals surface area contributed by atoms with Crippen LogP contribution in [-0.2, 0) is 9.63 Å². The molecule has 0 aliphatic heterocycles. The molecule has 0 rings (SSSR count). The van der Waals surface area contributed by atoms with E-state index in [0.29, 0.717) is 18.0 Å². The minimum Gasteiger partial charge on any atom is -0.355 e. The number of nitrogens with one attached hydrogen (secondary N) is 2. The number of urea groups is 1. The van der Waals surface area contributed by atoms with Gasteiger partial charge in [-0.1, -0.05) is 85.1 Å². The Balaban J connectivity index is -0.000000169. The molecular formula is C35H66F3N5O3. The van der Waals surface area contributed by atoms with E-state index >= 15 is 0 Å². The lowest BCUT2D eigenvalue weighted by Gasteiger charge is -2.25. The van der Waals surface area contributed by atoms with Gasteiger partial charge in [-0.25, -0.2) is 4.79 Å². The van der Waals surface area contributed by atoms with Crippen molar-refractivity contribution in [3.8, 4) is 0 Å². The summed E-state index contributed by atoms with van der Waals surface area (Å²) in [5.74, 6) is 0. The molecule has 0 heterocycles. The summed E-state index contributed by atoms with van der Waals surface area (Å²) in [5.41, 5.74) is -0.196. The summed E-state index contributed by atoms with van der Waals surface area (Å²) >= 11 is 0. The van der Waals surface area contributed by atoms with Gasteiger partial charge in [0.2, 0.25) is 6.41 Å². The first-order chi connectivity index (χ1) is 21.7. The number of hydrogen-bond acceptors (Lipinski definition) is 5. The number of hydrogen-bond donors (Lipinski definition) is 2. The zero-order chi connectivity index (χ0) is 37.0. The fourth-order valence-corrected chi connectivity index (χ4v) is 2.49. The lowest BCUT2D eigenvalue weighted by molar-refractivity contribution is -0.109. The van der Waals surface area contributed by atoms with E-state index in [4.69, 9.17) is 4.84 Å². The van der Waals surface area contributed by atoms with Crippen molar-refractivity contribution >= 4 is 12.4 Å². The molecule has 0 bridgehead atoms. The second-order valence-electron chi connectivity index (χ2n) is 9.17. The van der Waals surface area contributed by atoms with Crippen molar-refractivity contribution in [3.05, 3.63) is 73.7 Å². The fourth-order valence-electron chi connectivity index (χ4n) is 2.49. The highest BCUT2D eigenvalue weighted by molar-refractivity contribution is 5.76. The van der Waals surface area contributed by atoms with E-state index in [1.165, 1.54) is 23.5 Å². The first kappa shape index (κ1) is 52.4. The van der Waals surface area contributed by atoms with Gasteiger partial charge in [-0.3, -0.25) is 9.69 Å². The minimum atomic E-state index is -4.32. The highest BCUT2D eigenvalue weighted by Crippen LogP contribution is 2.24. The van der Waals surface area contributed by atoms with Crippen LogP contribution in [0.1, 0.15) is 81.6 Å². The average Bonchev–Trinajstić information content (AvgIpc) is 3.07. The van der Waals surface area contributed by atoms with Gasteiger partial charge in [0, 0.05) is 63.8 Å². The molecule has 2 N–H and O–H groups in total. The van der Waals surface area contributed by atoms with Gasteiger partial charge >= 0.3 is 12.2 Å². The van der Waals surface area contributed by atoms with Crippen LogP contribution in [0.2, 0.25) is 0 Å². The van der Waals surface area contributed by atoms with Gasteiger partial charge in [0.05, 0.1) is 7.11 Å². The standard InChI is InChI=1S/C12H22N2O.C10H12F3NO.C7H15N.C4H11NO.C2H6/c1-5-9-11-14(8-4)12(15)13(7-3)10-6-2;1-3-9(6-14-7-15)5-4-8(2)10(11,12)13;1-4-6-8-7(3)5-2;1-4-5(2)6-3;1-2/h8-9,11H,4-7,10H2,1-3H3;3-5,7H,1,6H2,2H3,(H,14,15);4,7-8H,1,5-6H2,2-3H3;4H2,1-3H3;1-2H3/b11-9-;8-4+,9-5+;;;. The summed E-state index contributed by atoms with van der Waals surface area (Å²) in [6.45, 7) is 31.6. The second-order valence-corrected chi connectivity index (χ2v) is 9.17. The van der Waals surface area contributed by atoms with E-state index in [9.17, 15) is 22.8 Å². The summed E-state index contributed by atoms with van der Waals surface area (Å²) in [6.07, 6.45) is 9.98. The maximum atomic E-state index is 12.1. The van der Waals surface area contributed by atoms with Gasteiger partial charge in [-0.15, -0.1) is 6.58 Å². The van der Waals surface area contributed by atoms with Crippen LogP contribution in [0.3, 0.4) is 0 Å². The molecule has 3 amide bonds. The number of rotatable bonds is 17. The molecule has 0 aliphatic carbocycles. The number of nitrogens with zero attached hydrogens (tertiary/aromatic N) is 3. The van der Waals surface area contributed by atoms with Crippen LogP contribution in [0, 0.1) is 0 Å². The Morgan fingerprint density at radius 2 is 1.61 bits per heavy atom. The zero-order valence-electron chi connectivity index (χ0n) is 30.7. The summed E-state index contributed by atoms with van der Waals surface area (Å²) < 4.78 is 36.2. The number of allylic oxidation sites excluding steroid dienone is 4. The van der Waals surface area contributed by atoms with Crippen LogP contribution >= 0.6 is 0 Å². The van der Waals surface area contributed by atoms with Crippen LogP contribution in [0.5, 0.6) is 0 Å². The van der Waals surface area contributed by atoms with E-state index in [-0.39, 0.29) is 12.6 Å². The molecule has 0 aromatic heterocycles. The van der Waals surface area contributed by atoms with Crippen LogP contribution in [0.25, 0.3) is 0 Å². The predicted molar refractivity (Wildman–Crippen MR) is 191 cm³/mol. The van der Waals surface area contributed by atoms with Gasteiger partial charge in [-0.05, 0) is 45.6 Å². The predicted octanol–water partition coefficient (Wildman–Crippen LogP) is 8.65. The first-order valence-electron chi connectivity index (χ1n) is 15.9. The molecule has 0 aromatic rings. The second kappa shape index (κ2) is 38.0. The van der Waals surface area contributed by atoms with Crippen molar-refractivity contribution in [2.75, 3.05) is 46.9 Å². The molecule has 270 valence electrons. The molecule has 1 atom stereocenters. The molecule has 0 saturated carbocycles. The highest BCUT2D eigenvalue weighted by atomic mass is 19.4. The molecule has 0 spiro atoms. The van der Waals surface area contributed by atoms with Crippen molar-refractivity contribution in [3.63, 3.8) is 0 Å². The topological polar surface area (TPSA) is 77.2 Å². The van der Waals surface area contributed by atoms with Crippen molar-refractivity contribution in [2.24, 2.45) is 0 Å². The van der Waals surface area contributed by atoms with Crippen LogP contribution in [-0.4, -0.2) is 86.4 Å².